The molecule has 0 radical (unpaired) electrons. The standard InChI is InChI=1S/C14H12Cl3NO/c1-8-5-10(15)6-9(2)14(8)19-7-12-11(16)3-4-13(17)18-12/h3-6H,7H2,1-2H3. The maximum absolute atomic E-state index is 6.04. The summed E-state index contributed by atoms with van der Waals surface area (Å²) in [5, 5.41) is 1.63. The minimum absolute atomic E-state index is 0.267. The second-order valence-corrected chi connectivity index (χ2v) is 5.45. The minimum Gasteiger partial charge on any atom is -0.487 e. The molecule has 0 atom stereocenters. The molecule has 2 rings (SSSR count). The van der Waals surface area contributed by atoms with Gasteiger partial charge in [0, 0.05) is 5.02 Å². The molecule has 0 amide bonds. The molecule has 2 nitrogen and oxygen atoms in total. The van der Waals surface area contributed by atoms with E-state index in [1.807, 2.05) is 26.0 Å². The van der Waals surface area contributed by atoms with Crippen molar-refractivity contribution in [3.05, 3.63) is 56.3 Å². The van der Waals surface area contributed by atoms with Crippen LogP contribution in [-0.4, -0.2) is 4.98 Å². The lowest BCUT2D eigenvalue weighted by Gasteiger charge is -2.13. The first-order valence-electron chi connectivity index (χ1n) is 5.68. The van der Waals surface area contributed by atoms with E-state index in [4.69, 9.17) is 39.5 Å². The summed E-state index contributed by atoms with van der Waals surface area (Å²) in [4.78, 5) is 4.15. The van der Waals surface area contributed by atoms with Crippen LogP contribution in [0.4, 0.5) is 0 Å². The molecular weight excluding hydrogens is 305 g/mol. The van der Waals surface area contributed by atoms with Crippen molar-refractivity contribution in [3.63, 3.8) is 0 Å². The number of aryl methyl sites for hydroxylation is 2. The Labute approximate surface area is 127 Å². The fourth-order valence-electron chi connectivity index (χ4n) is 1.82. The number of benzene rings is 1. The largest absolute Gasteiger partial charge is 0.487 e. The number of ether oxygens (including phenoxy) is 1. The molecule has 0 bridgehead atoms. The van der Waals surface area contributed by atoms with E-state index in [0.717, 1.165) is 16.9 Å². The molecule has 5 heteroatoms. The summed E-state index contributed by atoms with van der Waals surface area (Å²) >= 11 is 17.9. The predicted octanol–water partition coefficient (Wildman–Crippen LogP) is 5.24. The van der Waals surface area contributed by atoms with Crippen molar-refractivity contribution in [3.8, 4) is 5.75 Å². The van der Waals surface area contributed by atoms with Crippen LogP contribution >= 0.6 is 34.8 Å². The quantitative estimate of drug-likeness (QED) is 0.723. The van der Waals surface area contributed by atoms with Crippen molar-refractivity contribution in [2.45, 2.75) is 20.5 Å². The summed E-state index contributed by atoms with van der Waals surface area (Å²) in [5.41, 5.74) is 2.56. The van der Waals surface area contributed by atoms with Gasteiger partial charge in [-0.1, -0.05) is 34.8 Å². The molecule has 1 heterocycles. The molecule has 0 unspecified atom stereocenters. The number of pyridine rings is 1. The lowest BCUT2D eigenvalue weighted by atomic mass is 10.1. The number of hydrogen-bond donors (Lipinski definition) is 0. The normalized spacial score (nSPS) is 10.6. The first kappa shape index (κ1) is 14.4. The lowest BCUT2D eigenvalue weighted by molar-refractivity contribution is 0.297. The Balaban J connectivity index is 2.21. The zero-order chi connectivity index (χ0) is 14.0. The van der Waals surface area contributed by atoms with Gasteiger partial charge in [0.15, 0.2) is 0 Å². The Hall–Kier alpha value is -0.960. The third-order valence-electron chi connectivity index (χ3n) is 2.66. The fraction of sp³-hybridized carbons (Fsp3) is 0.214. The van der Waals surface area contributed by atoms with E-state index < -0.39 is 0 Å². The summed E-state index contributed by atoms with van der Waals surface area (Å²) in [6, 6.07) is 7.07. The SMILES string of the molecule is Cc1cc(Cl)cc(C)c1OCc1nc(Cl)ccc1Cl. The molecular formula is C14H12Cl3NO. The van der Waals surface area contributed by atoms with Crippen molar-refractivity contribution < 1.29 is 4.74 Å². The molecule has 0 aliphatic rings. The topological polar surface area (TPSA) is 22.1 Å². The first-order valence-corrected chi connectivity index (χ1v) is 6.81. The maximum Gasteiger partial charge on any atom is 0.132 e. The van der Waals surface area contributed by atoms with Crippen LogP contribution in [0, 0.1) is 13.8 Å². The molecule has 1 aromatic heterocycles. The average molecular weight is 317 g/mol. The molecule has 2 aromatic rings. The molecule has 0 fully saturated rings. The Morgan fingerprint density at radius 2 is 1.68 bits per heavy atom. The fourth-order valence-corrected chi connectivity index (χ4v) is 2.48. The molecule has 100 valence electrons. The van der Waals surface area contributed by atoms with Gasteiger partial charge in [0.05, 0.1) is 10.7 Å². The van der Waals surface area contributed by atoms with Gasteiger partial charge in [-0.05, 0) is 49.2 Å². The third-order valence-corrected chi connectivity index (χ3v) is 3.44. The van der Waals surface area contributed by atoms with E-state index in [0.29, 0.717) is 20.9 Å². The molecule has 0 aliphatic heterocycles. The monoisotopic (exact) mass is 315 g/mol. The minimum atomic E-state index is 0.267. The highest BCUT2D eigenvalue weighted by Crippen LogP contribution is 2.28. The van der Waals surface area contributed by atoms with E-state index in [-0.39, 0.29) is 6.61 Å². The average Bonchev–Trinajstić information content (AvgIpc) is 2.32. The van der Waals surface area contributed by atoms with Crippen LogP contribution in [0.3, 0.4) is 0 Å². The number of aromatic nitrogens is 1. The van der Waals surface area contributed by atoms with Gasteiger partial charge >= 0.3 is 0 Å². The highest BCUT2D eigenvalue weighted by molar-refractivity contribution is 6.32. The summed E-state index contributed by atoms with van der Waals surface area (Å²) in [6.45, 7) is 4.16. The number of hydrogen-bond acceptors (Lipinski definition) is 2. The van der Waals surface area contributed by atoms with Gasteiger partial charge in [-0.25, -0.2) is 4.98 Å². The number of nitrogens with zero attached hydrogens (tertiary/aromatic N) is 1. The molecule has 0 aliphatic carbocycles. The van der Waals surface area contributed by atoms with Crippen molar-refractivity contribution in [1.29, 1.82) is 0 Å². The van der Waals surface area contributed by atoms with Crippen LogP contribution in [0.5, 0.6) is 5.75 Å². The van der Waals surface area contributed by atoms with Crippen LogP contribution in [0.25, 0.3) is 0 Å². The van der Waals surface area contributed by atoms with Gasteiger partial charge in [0.1, 0.15) is 17.5 Å². The zero-order valence-corrected chi connectivity index (χ0v) is 12.8. The van der Waals surface area contributed by atoms with Crippen molar-refractivity contribution in [2.75, 3.05) is 0 Å². The van der Waals surface area contributed by atoms with Crippen LogP contribution in [-0.2, 0) is 6.61 Å². The molecule has 0 N–H and O–H groups in total. The first-order chi connectivity index (χ1) is 8.97. The third kappa shape index (κ3) is 3.53. The summed E-state index contributed by atoms with van der Waals surface area (Å²) < 4.78 is 5.78. The van der Waals surface area contributed by atoms with Gasteiger partial charge in [-0.15, -0.1) is 0 Å². The Morgan fingerprint density at radius 3 is 2.32 bits per heavy atom. The maximum atomic E-state index is 6.04. The van der Waals surface area contributed by atoms with Gasteiger partial charge in [-0.3, -0.25) is 0 Å². The molecule has 0 saturated heterocycles. The second-order valence-electron chi connectivity index (χ2n) is 4.22. The van der Waals surface area contributed by atoms with Crippen molar-refractivity contribution in [1.82, 2.24) is 4.98 Å². The van der Waals surface area contributed by atoms with E-state index >= 15 is 0 Å². The van der Waals surface area contributed by atoms with Gasteiger partial charge in [0.2, 0.25) is 0 Å². The molecule has 19 heavy (non-hydrogen) atoms. The number of halogens is 3. The smallest absolute Gasteiger partial charge is 0.132 e. The Kier molecular flexibility index (Phi) is 4.56. The molecule has 0 saturated carbocycles. The van der Waals surface area contributed by atoms with Gasteiger partial charge in [-0.2, -0.15) is 0 Å². The van der Waals surface area contributed by atoms with Crippen molar-refractivity contribution >= 4 is 34.8 Å². The summed E-state index contributed by atoms with van der Waals surface area (Å²) in [6.07, 6.45) is 0. The Bertz CT molecular complexity index is 591. The van der Waals surface area contributed by atoms with Crippen LogP contribution in [0.2, 0.25) is 15.2 Å². The van der Waals surface area contributed by atoms with Gasteiger partial charge in [0.25, 0.3) is 0 Å². The van der Waals surface area contributed by atoms with E-state index in [1.165, 1.54) is 0 Å². The zero-order valence-electron chi connectivity index (χ0n) is 10.5. The number of rotatable bonds is 3. The van der Waals surface area contributed by atoms with Crippen LogP contribution in [0.1, 0.15) is 16.8 Å². The summed E-state index contributed by atoms with van der Waals surface area (Å²) in [5.74, 6) is 0.794. The molecule has 1 aromatic carbocycles. The Morgan fingerprint density at radius 1 is 1.05 bits per heavy atom. The lowest BCUT2D eigenvalue weighted by Crippen LogP contribution is -2.02. The van der Waals surface area contributed by atoms with E-state index in [1.54, 1.807) is 12.1 Å². The molecule has 0 spiro atoms. The highest BCUT2D eigenvalue weighted by atomic mass is 35.5. The van der Waals surface area contributed by atoms with E-state index in [2.05, 4.69) is 4.98 Å². The second kappa shape index (κ2) is 6.00. The van der Waals surface area contributed by atoms with Crippen LogP contribution < -0.4 is 4.74 Å². The van der Waals surface area contributed by atoms with E-state index in [9.17, 15) is 0 Å². The summed E-state index contributed by atoms with van der Waals surface area (Å²) in [7, 11) is 0. The van der Waals surface area contributed by atoms with Gasteiger partial charge < -0.3 is 4.74 Å². The van der Waals surface area contributed by atoms with Crippen molar-refractivity contribution in [2.24, 2.45) is 0 Å². The predicted molar refractivity (Wildman–Crippen MR) is 79.5 cm³/mol. The highest BCUT2D eigenvalue weighted by Gasteiger charge is 2.09. The van der Waals surface area contributed by atoms with Crippen LogP contribution in [0.15, 0.2) is 24.3 Å².